The number of carbonyl (C=O) groups is 1. The molecule has 0 saturated carbocycles. The van der Waals surface area contributed by atoms with Crippen LogP contribution < -0.4 is 10.5 Å². The fourth-order valence-electron chi connectivity index (χ4n) is 3.69. The first-order valence-corrected chi connectivity index (χ1v) is 11.7. The van der Waals surface area contributed by atoms with Gasteiger partial charge in [-0.3, -0.25) is 4.98 Å². The van der Waals surface area contributed by atoms with Gasteiger partial charge in [0.2, 0.25) is 0 Å². The number of nitrogens with one attached hydrogen (secondary N) is 1. The number of nitrogens with zero attached hydrogens (tertiary/aromatic N) is 3. The van der Waals surface area contributed by atoms with Crippen LogP contribution in [0.2, 0.25) is 0 Å². The third-order valence-corrected chi connectivity index (χ3v) is 8.24. The number of halogens is 1. The molecule has 2 aromatic rings. The van der Waals surface area contributed by atoms with E-state index in [2.05, 4.69) is 19.6 Å². The summed E-state index contributed by atoms with van der Waals surface area (Å²) in [6, 6.07) is -0.861. The van der Waals surface area contributed by atoms with Crippen LogP contribution in [0.4, 0.5) is 14.9 Å². The first-order chi connectivity index (χ1) is 13.6. The van der Waals surface area contributed by atoms with E-state index in [0.717, 1.165) is 41.9 Å². The van der Waals surface area contributed by atoms with Crippen molar-refractivity contribution in [3.8, 4) is 0 Å². The van der Waals surface area contributed by atoms with Crippen molar-refractivity contribution in [2.45, 2.75) is 61.9 Å². The molecule has 0 spiro atoms. The smallest absolute Gasteiger partial charge is 0.354 e. The lowest BCUT2D eigenvalue weighted by Gasteiger charge is -2.14. The summed E-state index contributed by atoms with van der Waals surface area (Å²) < 4.78 is 30.8. The van der Waals surface area contributed by atoms with Crippen LogP contribution in [0.15, 0.2) is 14.8 Å². The van der Waals surface area contributed by atoms with Crippen molar-refractivity contribution in [1.29, 1.82) is 0 Å². The highest BCUT2D eigenvalue weighted by molar-refractivity contribution is 7.93. The predicted molar refractivity (Wildman–Crippen MR) is 108 cm³/mol. The molecule has 0 saturated heterocycles. The number of carbonyl (C=O) groups excluding carboxylic acids is 1. The topological polar surface area (TPSA) is 131 Å². The van der Waals surface area contributed by atoms with Gasteiger partial charge in [-0.1, -0.05) is 0 Å². The Kier molecular flexibility index (Phi) is 4.96. The molecule has 156 valence electrons. The van der Waals surface area contributed by atoms with E-state index in [-0.39, 0.29) is 4.21 Å². The van der Waals surface area contributed by atoms with E-state index in [9.17, 15) is 18.5 Å². The van der Waals surface area contributed by atoms with Gasteiger partial charge in [-0.05, 0) is 51.5 Å². The van der Waals surface area contributed by atoms with Gasteiger partial charge < -0.3 is 10.4 Å². The van der Waals surface area contributed by atoms with Crippen molar-refractivity contribution < 1.29 is 18.5 Å². The van der Waals surface area contributed by atoms with Crippen molar-refractivity contribution in [1.82, 2.24) is 9.97 Å². The molecule has 2 atom stereocenters. The van der Waals surface area contributed by atoms with Crippen molar-refractivity contribution in [2.24, 2.45) is 9.50 Å². The number of urea groups is 1. The average Bonchev–Trinajstić information content (AvgIpc) is 3.33. The zero-order chi connectivity index (χ0) is 21.0. The third-order valence-electron chi connectivity index (χ3n) is 5.05. The van der Waals surface area contributed by atoms with Gasteiger partial charge in [-0.25, -0.2) is 23.5 Å². The van der Waals surface area contributed by atoms with Gasteiger partial charge in [0, 0.05) is 11.3 Å². The standard InChI is InChI=1S/C18H22FN5O3S2/c1-18(2,26)16-21-8-13(28-16)29(20,27)24-17(25)23-14-9-4-3-5-12(9)22-15-10(14)6-7-11(15)19/h8,11,26H,3-7H2,1-2H3,(H3,20,22,23,24,25,27)/t11-,29?/m0/s1. The van der Waals surface area contributed by atoms with Crippen molar-refractivity contribution >= 4 is 33.0 Å². The predicted octanol–water partition coefficient (Wildman–Crippen LogP) is 3.14. The summed E-state index contributed by atoms with van der Waals surface area (Å²) in [5.41, 5.74) is 2.08. The van der Waals surface area contributed by atoms with Crippen LogP contribution in [0.1, 0.15) is 60.4 Å². The van der Waals surface area contributed by atoms with Crippen LogP contribution in [-0.4, -0.2) is 25.3 Å². The van der Waals surface area contributed by atoms with Gasteiger partial charge in [-0.15, -0.1) is 15.7 Å². The fraction of sp³-hybridized carbons (Fsp3) is 0.500. The molecular formula is C18H22FN5O3S2. The number of hydrogen-bond acceptors (Lipinski definition) is 6. The minimum absolute atomic E-state index is 0.0961. The number of alkyl halides is 1. The first-order valence-electron chi connectivity index (χ1n) is 9.29. The maximum atomic E-state index is 14.2. The van der Waals surface area contributed by atoms with E-state index in [1.807, 2.05) is 0 Å². The summed E-state index contributed by atoms with van der Waals surface area (Å²) in [6.45, 7) is 3.08. The summed E-state index contributed by atoms with van der Waals surface area (Å²) in [5.74, 6) is 0. The Balaban J connectivity index is 1.66. The Labute approximate surface area is 172 Å². The molecule has 2 aliphatic carbocycles. The molecule has 2 amide bonds. The second kappa shape index (κ2) is 7.08. The van der Waals surface area contributed by atoms with Gasteiger partial charge in [0.25, 0.3) is 0 Å². The van der Waals surface area contributed by atoms with E-state index >= 15 is 0 Å². The van der Waals surface area contributed by atoms with Crippen LogP contribution in [0, 0.1) is 0 Å². The quantitative estimate of drug-likeness (QED) is 0.676. The van der Waals surface area contributed by atoms with Crippen molar-refractivity contribution in [3.05, 3.63) is 33.7 Å². The van der Waals surface area contributed by atoms with Crippen molar-refractivity contribution in [3.63, 3.8) is 0 Å². The number of aryl methyl sites for hydroxylation is 1. The molecule has 4 N–H and O–H groups in total. The Hall–Kier alpha value is -1.95. The SMILES string of the molecule is CC(C)(O)c1ncc(S(N)(=O)=NC(=O)Nc2c3c(nc4c2CC[C@@H]4F)CCC3)s1. The van der Waals surface area contributed by atoms with E-state index in [1.54, 1.807) is 13.8 Å². The maximum Gasteiger partial charge on any atom is 0.354 e. The molecule has 1 unspecified atom stereocenters. The number of hydrogen-bond donors (Lipinski definition) is 3. The number of nitrogens with two attached hydrogens (primary N) is 1. The van der Waals surface area contributed by atoms with Gasteiger partial charge in [0.15, 0.2) is 9.92 Å². The van der Waals surface area contributed by atoms with Crippen molar-refractivity contribution in [2.75, 3.05) is 5.32 Å². The number of amides is 2. The number of rotatable bonds is 3. The summed E-state index contributed by atoms with van der Waals surface area (Å²) in [4.78, 5) is 21.0. The summed E-state index contributed by atoms with van der Waals surface area (Å²) in [6.07, 6.45) is 3.30. The minimum atomic E-state index is -3.54. The number of fused-ring (bicyclic) bond motifs is 2. The number of thiazole rings is 1. The lowest BCUT2D eigenvalue weighted by molar-refractivity contribution is 0.0783. The highest BCUT2D eigenvalue weighted by Gasteiger charge is 2.32. The van der Waals surface area contributed by atoms with Gasteiger partial charge in [0.1, 0.15) is 21.0 Å². The van der Waals surface area contributed by atoms with E-state index < -0.39 is 27.7 Å². The van der Waals surface area contributed by atoms with Crippen LogP contribution in [0.5, 0.6) is 0 Å². The summed E-state index contributed by atoms with van der Waals surface area (Å²) in [5, 5.41) is 18.8. The van der Waals surface area contributed by atoms with Crippen LogP contribution in [0.3, 0.4) is 0 Å². The first kappa shape index (κ1) is 20.3. The highest BCUT2D eigenvalue weighted by atomic mass is 32.2. The molecule has 2 aliphatic rings. The summed E-state index contributed by atoms with van der Waals surface area (Å²) in [7, 11) is -3.54. The Morgan fingerprint density at radius 2 is 2.17 bits per heavy atom. The Morgan fingerprint density at radius 1 is 1.41 bits per heavy atom. The Morgan fingerprint density at radius 3 is 2.86 bits per heavy atom. The van der Waals surface area contributed by atoms with E-state index in [1.165, 1.54) is 6.20 Å². The van der Waals surface area contributed by atoms with Crippen LogP contribution >= 0.6 is 11.3 Å². The van der Waals surface area contributed by atoms with Gasteiger partial charge in [-0.2, -0.15) is 0 Å². The zero-order valence-electron chi connectivity index (χ0n) is 16.1. The maximum absolute atomic E-state index is 14.2. The molecule has 8 nitrogen and oxygen atoms in total. The number of aromatic nitrogens is 2. The summed E-state index contributed by atoms with van der Waals surface area (Å²) >= 11 is 0.941. The normalized spacial score (nSPS) is 20.1. The molecule has 0 radical (unpaired) electrons. The second-order valence-corrected chi connectivity index (χ2v) is 10.8. The molecule has 0 aromatic carbocycles. The minimum Gasteiger partial charge on any atom is -0.383 e. The largest absolute Gasteiger partial charge is 0.383 e. The van der Waals surface area contributed by atoms with E-state index in [4.69, 9.17) is 5.14 Å². The van der Waals surface area contributed by atoms with Crippen LogP contribution in [-0.2, 0) is 34.8 Å². The highest BCUT2D eigenvalue weighted by Crippen LogP contribution is 2.42. The molecule has 2 aromatic heterocycles. The third kappa shape index (κ3) is 3.79. The second-order valence-electron chi connectivity index (χ2n) is 7.77. The lowest BCUT2D eigenvalue weighted by Crippen LogP contribution is -2.18. The lowest BCUT2D eigenvalue weighted by atomic mass is 10.1. The molecule has 0 aliphatic heterocycles. The molecule has 0 bridgehead atoms. The fourth-order valence-corrected chi connectivity index (χ4v) is 5.75. The molecular weight excluding hydrogens is 417 g/mol. The zero-order valence-corrected chi connectivity index (χ0v) is 17.7. The number of pyridine rings is 1. The molecule has 4 rings (SSSR count). The number of anilines is 1. The molecule has 11 heteroatoms. The van der Waals surface area contributed by atoms with E-state index in [0.29, 0.717) is 34.8 Å². The van der Waals surface area contributed by atoms with Gasteiger partial charge in [0.05, 0.1) is 17.6 Å². The van der Waals surface area contributed by atoms with Crippen LogP contribution in [0.25, 0.3) is 0 Å². The number of aliphatic hydroxyl groups is 1. The molecule has 2 heterocycles. The molecule has 0 fully saturated rings. The van der Waals surface area contributed by atoms with Gasteiger partial charge >= 0.3 is 6.03 Å². The molecule has 29 heavy (non-hydrogen) atoms. The Bertz CT molecular complexity index is 1120. The monoisotopic (exact) mass is 439 g/mol. The average molecular weight is 440 g/mol.